The van der Waals surface area contributed by atoms with Crippen LogP contribution in [0.3, 0.4) is 0 Å². The molecule has 0 fully saturated rings. The molecule has 6 heteroatoms. The Morgan fingerprint density at radius 2 is 1.37 bits per heavy atom. The third-order valence-electron chi connectivity index (χ3n) is 8.89. The molecule has 4 aromatic carbocycles. The molecule has 0 saturated heterocycles. The van der Waals surface area contributed by atoms with E-state index in [1.54, 1.807) is 6.20 Å². The number of aromatic nitrogens is 3. The Morgan fingerprint density at radius 3 is 2.00 bits per heavy atom. The minimum absolute atomic E-state index is 0. The zero-order valence-electron chi connectivity index (χ0n) is 29.6. The second-order valence-corrected chi connectivity index (χ2v) is 15.7. The van der Waals surface area contributed by atoms with Crippen molar-refractivity contribution < 1.29 is 26.2 Å². The predicted molar refractivity (Wildman–Crippen MR) is 196 cm³/mol. The molecule has 5 nitrogen and oxygen atoms in total. The van der Waals surface area contributed by atoms with Gasteiger partial charge in [0.15, 0.2) is 0 Å². The Hall–Kier alpha value is -4.52. The molecule has 49 heavy (non-hydrogen) atoms. The molecule has 6 rings (SSSR count). The number of hydrogen-bond acceptors (Lipinski definition) is 4. The molecule has 0 amide bonds. The van der Waals surface area contributed by atoms with Gasteiger partial charge in [0.25, 0.3) is 0 Å². The van der Waals surface area contributed by atoms with Crippen molar-refractivity contribution in [1.29, 1.82) is 5.26 Å². The maximum absolute atomic E-state index is 11.6. The number of nitrogens with zero attached hydrogens (tertiary/aromatic N) is 4. The average Bonchev–Trinajstić information content (AvgIpc) is 3.47. The van der Waals surface area contributed by atoms with Gasteiger partial charge in [-0.25, -0.2) is 0 Å². The first-order chi connectivity index (χ1) is 22.5. The van der Waals surface area contributed by atoms with E-state index in [2.05, 4.69) is 98.7 Å². The predicted octanol–water partition coefficient (Wildman–Crippen LogP) is 10.5. The van der Waals surface area contributed by atoms with E-state index in [4.69, 9.17) is 15.0 Å². The van der Waals surface area contributed by atoms with E-state index in [1.165, 1.54) is 0 Å². The van der Waals surface area contributed by atoms with E-state index >= 15 is 0 Å². The first kappa shape index (κ1) is 35.8. The molecule has 0 aliphatic rings. The molecule has 1 N–H and O–H groups in total. The van der Waals surface area contributed by atoms with Gasteiger partial charge in [-0.1, -0.05) is 140 Å². The molecule has 6 aromatic rings. The van der Waals surface area contributed by atoms with Crippen LogP contribution < -0.4 is 4.98 Å². The van der Waals surface area contributed by atoms with Crippen molar-refractivity contribution in [3.63, 3.8) is 0 Å². The Labute approximate surface area is 304 Å². The van der Waals surface area contributed by atoms with Crippen LogP contribution in [0.1, 0.15) is 84.6 Å². The zero-order valence-corrected chi connectivity index (χ0v) is 31.9. The largest absolute Gasteiger partial charge is 2.00 e. The summed E-state index contributed by atoms with van der Waals surface area (Å²) in [5.41, 5.74) is 10.4. The SMILES string of the molecule is CC(C)(C)c1cc(-c2cc(-c3ccccc3)c(C#N)cn2)[c-]c(-c2cccc3nc(-c4cc(C(C)(C)C)cc(C(C)(C)C)c4O)[n-]c23)c1.[Pt+2]. The summed E-state index contributed by atoms with van der Waals surface area (Å²) in [5, 5.41) is 21.5. The third-order valence-corrected chi connectivity index (χ3v) is 8.89. The number of para-hydroxylation sites is 1. The number of hydrogen-bond donors (Lipinski definition) is 1. The molecule has 0 bridgehead atoms. The van der Waals surface area contributed by atoms with Gasteiger partial charge in [0.1, 0.15) is 11.8 Å². The summed E-state index contributed by atoms with van der Waals surface area (Å²) in [4.78, 5) is 14.8. The van der Waals surface area contributed by atoms with Crippen molar-refractivity contribution in [2.24, 2.45) is 0 Å². The molecule has 0 atom stereocenters. The Balaban J connectivity index is 0.00000468. The Bertz CT molecular complexity index is 2200. The van der Waals surface area contributed by atoms with Crippen molar-refractivity contribution in [2.45, 2.75) is 78.6 Å². The van der Waals surface area contributed by atoms with Crippen LogP contribution in [0.25, 0.3) is 55.9 Å². The van der Waals surface area contributed by atoms with E-state index in [9.17, 15) is 10.4 Å². The van der Waals surface area contributed by atoms with Crippen LogP contribution in [-0.4, -0.2) is 15.1 Å². The van der Waals surface area contributed by atoms with Crippen molar-refractivity contribution in [3.8, 4) is 56.7 Å². The minimum Gasteiger partial charge on any atom is -0.507 e. The molecule has 0 spiro atoms. The second-order valence-electron chi connectivity index (χ2n) is 15.7. The van der Waals surface area contributed by atoms with Gasteiger partial charge in [0.2, 0.25) is 0 Å². The normalized spacial score (nSPS) is 12.1. The first-order valence-electron chi connectivity index (χ1n) is 16.4. The molecular formula is C43H42N4OPt. The molecular weight excluding hydrogens is 784 g/mol. The van der Waals surface area contributed by atoms with Gasteiger partial charge in [0.05, 0.1) is 5.56 Å². The van der Waals surface area contributed by atoms with Crippen LogP contribution in [0, 0.1) is 17.4 Å². The van der Waals surface area contributed by atoms with Gasteiger partial charge in [-0.15, -0.1) is 29.3 Å². The number of phenols is 1. The first-order valence-corrected chi connectivity index (χ1v) is 16.4. The summed E-state index contributed by atoms with van der Waals surface area (Å²) in [6.07, 6.45) is 1.65. The van der Waals surface area contributed by atoms with Crippen LogP contribution in [-0.2, 0) is 37.3 Å². The summed E-state index contributed by atoms with van der Waals surface area (Å²) >= 11 is 0. The van der Waals surface area contributed by atoms with E-state index in [1.807, 2.05) is 54.6 Å². The standard InChI is InChI=1S/C43H42N4O.Pt/c1-41(2,3)30-19-27(18-28(20-30)37-23-33(29(24-44)25-45-37)26-14-11-10-12-15-26)32-16-13-17-36-38(32)47-40(46-36)34-21-31(42(4,5)6)22-35(39(34)48)43(7,8)9;/h10-17,19-23,25H,1-9H3,(H-,46,47,48);/q-2;+2. The fourth-order valence-electron chi connectivity index (χ4n) is 5.97. The fraction of sp³-hybridized carbons (Fsp3) is 0.279. The molecule has 2 heterocycles. The quantitative estimate of drug-likeness (QED) is 0.179. The number of pyridine rings is 1. The molecule has 0 aliphatic carbocycles. The topological polar surface area (TPSA) is 83.9 Å². The maximum Gasteiger partial charge on any atom is 2.00 e. The summed E-state index contributed by atoms with van der Waals surface area (Å²) in [5.74, 6) is 0.719. The summed E-state index contributed by atoms with van der Waals surface area (Å²) in [6.45, 7) is 19.4. The van der Waals surface area contributed by atoms with Crippen molar-refractivity contribution >= 4 is 11.0 Å². The minimum atomic E-state index is -0.268. The number of imidazole rings is 1. The Morgan fingerprint density at radius 1 is 0.714 bits per heavy atom. The number of benzene rings is 4. The monoisotopic (exact) mass is 825 g/mol. The molecule has 250 valence electrons. The number of phenolic OH excluding ortho intramolecular Hbond substituents is 1. The average molecular weight is 826 g/mol. The molecule has 2 aromatic heterocycles. The van der Waals surface area contributed by atoms with Gasteiger partial charge < -0.3 is 15.1 Å². The van der Waals surface area contributed by atoms with E-state index < -0.39 is 0 Å². The van der Waals surface area contributed by atoms with Crippen LogP contribution in [0.4, 0.5) is 0 Å². The molecule has 0 aliphatic heterocycles. The van der Waals surface area contributed by atoms with Crippen LogP contribution in [0.15, 0.2) is 85.1 Å². The van der Waals surface area contributed by atoms with Crippen LogP contribution >= 0.6 is 0 Å². The van der Waals surface area contributed by atoms with Crippen molar-refractivity contribution in [1.82, 2.24) is 15.0 Å². The zero-order chi connectivity index (χ0) is 34.6. The number of rotatable bonds is 4. The summed E-state index contributed by atoms with van der Waals surface area (Å²) in [6, 6.07) is 32.3. The molecule has 0 unspecified atom stereocenters. The second kappa shape index (κ2) is 13.1. The van der Waals surface area contributed by atoms with E-state index in [0.717, 1.165) is 61.2 Å². The van der Waals surface area contributed by atoms with Gasteiger partial charge in [-0.2, -0.15) is 5.26 Å². The molecule has 0 radical (unpaired) electrons. The number of aromatic hydroxyl groups is 1. The van der Waals surface area contributed by atoms with Gasteiger partial charge >= 0.3 is 21.1 Å². The smallest absolute Gasteiger partial charge is 0.507 e. The van der Waals surface area contributed by atoms with Crippen LogP contribution in [0.2, 0.25) is 0 Å². The van der Waals surface area contributed by atoms with Gasteiger partial charge in [-0.05, 0) is 50.3 Å². The maximum atomic E-state index is 11.6. The van der Waals surface area contributed by atoms with Crippen LogP contribution in [0.5, 0.6) is 5.75 Å². The molecule has 0 saturated carbocycles. The van der Waals surface area contributed by atoms with Crippen molar-refractivity contribution in [2.75, 3.05) is 0 Å². The van der Waals surface area contributed by atoms with E-state index in [0.29, 0.717) is 17.0 Å². The van der Waals surface area contributed by atoms with E-state index in [-0.39, 0.29) is 43.1 Å². The fourth-order valence-corrected chi connectivity index (χ4v) is 5.97. The Kier molecular flexibility index (Phi) is 9.54. The third kappa shape index (κ3) is 7.12. The van der Waals surface area contributed by atoms with Crippen molar-refractivity contribution in [3.05, 3.63) is 113 Å². The van der Waals surface area contributed by atoms with Gasteiger partial charge in [0, 0.05) is 23.0 Å². The summed E-state index contributed by atoms with van der Waals surface area (Å²) in [7, 11) is 0. The summed E-state index contributed by atoms with van der Waals surface area (Å²) < 4.78 is 0. The number of fused-ring (bicyclic) bond motifs is 1. The van der Waals surface area contributed by atoms with Gasteiger partial charge in [-0.3, -0.25) is 4.98 Å². The number of nitriles is 1.